The summed E-state index contributed by atoms with van der Waals surface area (Å²) in [6, 6.07) is 7.90. The van der Waals surface area contributed by atoms with Gasteiger partial charge in [-0.2, -0.15) is 0 Å². The Balaban J connectivity index is 2.25. The zero-order valence-corrected chi connectivity index (χ0v) is 10.1. The number of nitrogens with zero attached hydrogens (tertiary/aromatic N) is 1. The Kier molecular flexibility index (Phi) is 3.39. The number of rotatable bonds is 4. The van der Waals surface area contributed by atoms with Crippen molar-refractivity contribution in [3.8, 4) is 0 Å². The molecule has 1 aromatic carbocycles. The highest BCUT2D eigenvalue weighted by molar-refractivity contribution is 7.14. The van der Waals surface area contributed by atoms with Gasteiger partial charge in [-0.1, -0.05) is 19.1 Å². The third kappa shape index (κ3) is 2.62. The van der Waals surface area contributed by atoms with Gasteiger partial charge in [0.25, 0.3) is 0 Å². The molecule has 17 heavy (non-hydrogen) atoms. The van der Waals surface area contributed by atoms with E-state index < -0.39 is 5.97 Å². The molecule has 1 aromatic heterocycles. The fourth-order valence-corrected chi connectivity index (χ4v) is 2.18. The summed E-state index contributed by atoms with van der Waals surface area (Å²) in [7, 11) is 0. The second-order valence-electron chi connectivity index (χ2n) is 3.51. The van der Waals surface area contributed by atoms with Crippen molar-refractivity contribution in [1.82, 2.24) is 4.98 Å². The van der Waals surface area contributed by atoms with E-state index in [0.29, 0.717) is 5.00 Å². The number of hydrogen-bond donors (Lipinski definition) is 2. The number of aryl methyl sites for hydroxylation is 1. The van der Waals surface area contributed by atoms with Crippen molar-refractivity contribution in [3.63, 3.8) is 0 Å². The highest BCUT2D eigenvalue weighted by atomic mass is 32.1. The van der Waals surface area contributed by atoms with Crippen molar-refractivity contribution in [2.24, 2.45) is 0 Å². The Labute approximate surface area is 103 Å². The van der Waals surface area contributed by atoms with Crippen molar-refractivity contribution in [2.75, 3.05) is 5.32 Å². The first-order valence-corrected chi connectivity index (χ1v) is 6.11. The van der Waals surface area contributed by atoms with Crippen LogP contribution in [0.15, 0.2) is 29.8 Å². The maximum atomic E-state index is 10.9. The van der Waals surface area contributed by atoms with Crippen molar-refractivity contribution in [1.29, 1.82) is 0 Å². The van der Waals surface area contributed by atoms with Gasteiger partial charge in [0.1, 0.15) is 5.00 Å². The molecule has 0 fully saturated rings. The molecule has 0 aliphatic carbocycles. The molecule has 0 amide bonds. The molecule has 4 nitrogen and oxygen atoms in total. The summed E-state index contributed by atoms with van der Waals surface area (Å²) in [5.74, 6) is -1.01. The van der Waals surface area contributed by atoms with Gasteiger partial charge in [0.05, 0.1) is 5.51 Å². The summed E-state index contributed by atoms with van der Waals surface area (Å²) in [6.07, 6.45) is 0.948. The molecule has 1 heterocycles. The number of thiazole rings is 1. The fraction of sp³-hybridized carbons (Fsp3) is 0.167. The van der Waals surface area contributed by atoms with Gasteiger partial charge in [-0.05, 0) is 24.1 Å². The number of benzene rings is 1. The molecule has 0 aliphatic rings. The monoisotopic (exact) mass is 248 g/mol. The van der Waals surface area contributed by atoms with E-state index in [1.807, 2.05) is 24.3 Å². The first-order chi connectivity index (χ1) is 8.20. The van der Waals surface area contributed by atoms with E-state index in [-0.39, 0.29) is 5.69 Å². The van der Waals surface area contributed by atoms with Crippen LogP contribution >= 0.6 is 11.3 Å². The second kappa shape index (κ2) is 4.97. The predicted octanol–water partition coefficient (Wildman–Crippen LogP) is 3.15. The topological polar surface area (TPSA) is 62.2 Å². The number of carboxylic acids is 1. The van der Waals surface area contributed by atoms with Crippen molar-refractivity contribution < 1.29 is 9.90 Å². The predicted molar refractivity (Wildman–Crippen MR) is 68.2 cm³/mol. The lowest BCUT2D eigenvalue weighted by atomic mass is 10.1. The van der Waals surface area contributed by atoms with Crippen LogP contribution in [-0.4, -0.2) is 16.1 Å². The Morgan fingerprint density at radius 1 is 1.53 bits per heavy atom. The minimum Gasteiger partial charge on any atom is -0.476 e. The normalized spacial score (nSPS) is 10.2. The zero-order chi connectivity index (χ0) is 12.3. The lowest BCUT2D eigenvalue weighted by molar-refractivity contribution is 0.0692. The molecule has 0 saturated heterocycles. The largest absolute Gasteiger partial charge is 0.476 e. The minimum absolute atomic E-state index is 0.0666. The van der Waals surface area contributed by atoms with Crippen molar-refractivity contribution in [3.05, 3.63) is 41.0 Å². The van der Waals surface area contributed by atoms with Crippen LogP contribution in [-0.2, 0) is 6.42 Å². The Morgan fingerprint density at radius 2 is 2.35 bits per heavy atom. The smallest absolute Gasteiger partial charge is 0.357 e. The number of carbonyl (C=O) groups is 1. The lowest BCUT2D eigenvalue weighted by Gasteiger charge is -2.05. The quantitative estimate of drug-likeness (QED) is 0.872. The van der Waals surface area contributed by atoms with E-state index in [2.05, 4.69) is 17.2 Å². The highest BCUT2D eigenvalue weighted by Gasteiger charge is 2.13. The first kappa shape index (κ1) is 11.6. The van der Waals surface area contributed by atoms with Gasteiger partial charge in [-0.3, -0.25) is 0 Å². The molecule has 2 N–H and O–H groups in total. The third-order valence-electron chi connectivity index (χ3n) is 2.36. The Morgan fingerprint density at radius 3 is 3.06 bits per heavy atom. The van der Waals surface area contributed by atoms with Gasteiger partial charge in [-0.15, -0.1) is 11.3 Å². The van der Waals surface area contributed by atoms with E-state index >= 15 is 0 Å². The number of aromatic nitrogens is 1. The van der Waals surface area contributed by atoms with Crippen LogP contribution in [0.2, 0.25) is 0 Å². The summed E-state index contributed by atoms with van der Waals surface area (Å²) in [4.78, 5) is 14.7. The zero-order valence-electron chi connectivity index (χ0n) is 9.30. The van der Waals surface area contributed by atoms with Crippen molar-refractivity contribution >= 4 is 28.0 Å². The van der Waals surface area contributed by atoms with E-state index in [0.717, 1.165) is 12.1 Å². The maximum absolute atomic E-state index is 10.9. The van der Waals surface area contributed by atoms with Crippen LogP contribution in [0, 0.1) is 0 Å². The fourth-order valence-electron chi connectivity index (χ4n) is 1.49. The highest BCUT2D eigenvalue weighted by Crippen LogP contribution is 2.25. The molecule has 2 aromatic rings. The van der Waals surface area contributed by atoms with Crippen LogP contribution in [0.25, 0.3) is 0 Å². The van der Waals surface area contributed by atoms with Gasteiger partial charge in [0.15, 0.2) is 5.69 Å². The second-order valence-corrected chi connectivity index (χ2v) is 4.37. The van der Waals surface area contributed by atoms with Gasteiger partial charge in [0.2, 0.25) is 0 Å². The molecule has 0 spiro atoms. The summed E-state index contributed by atoms with van der Waals surface area (Å²) in [6.45, 7) is 2.08. The van der Waals surface area contributed by atoms with Crippen LogP contribution in [0.3, 0.4) is 0 Å². The van der Waals surface area contributed by atoms with E-state index in [9.17, 15) is 4.79 Å². The number of carboxylic acid groups (broad SMARTS) is 1. The average Bonchev–Trinajstić information content (AvgIpc) is 2.77. The van der Waals surface area contributed by atoms with E-state index in [4.69, 9.17) is 5.11 Å². The molecule has 88 valence electrons. The molecule has 0 bridgehead atoms. The van der Waals surface area contributed by atoms with Crippen LogP contribution in [0.5, 0.6) is 0 Å². The molecular weight excluding hydrogens is 236 g/mol. The SMILES string of the molecule is CCc1cccc(Nc2scnc2C(=O)O)c1. The number of hydrogen-bond acceptors (Lipinski definition) is 4. The summed E-state index contributed by atoms with van der Waals surface area (Å²) >= 11 is 1.28. The van der Waals surface area contributed by atoms with Gasteiger partial charge in [0, 0.05) is 5.69 Å². The first-order valence-electron chi connectivity index (χ1n) is 5.23. The van der Waals surface area contributed by atoms with E-state index in [1.54, 1.807) is 0 Å². The van der Waals surface area contributed by atoms with Gasteiger partial charge in [-0.25, -0.2) is 9.78 Å². The van der Waals surface area contributed by atoms with Crippen LogP contribution < -0.4 is 5.32 Å². The summed E-state index contributed by atoms with van der Waals surface area (Å²) < 4.78 is 0. The van der Waals surface area contributed by atoms with Crippen LogP contribution in [0.1, 0.15) is 23.0 Å². The maximum Gasteiger partial charge on any atom is 0.357 e. The molecular formula is C12H12N2O2S. The molecule has 0 atom stereocenters. The molecule has 0 saturated carbocycles. The molecule has 0 aliphatic heterocycles. The summed E-state index contributed by atoms with van der Waals surface area (Å²) in [5, 5.41) is 12.6. The molecule has 5 heteroatoms. The molecule has 2 rings (SSSR count). The average molecular weight is 248 g/mol. The Hall–Kier alpha value is -1.88. The van der Waals surface area contributed by atoms with Gasteiger partial charge >= 0.3 is 5.97 Å². The number of nitrogens with one attached hydrogen (secondary N) is 1. The number of anilines is 2. The van der Waals surface area contributed by atoms with Crippen molar-refractivity contribution in [2.45, 2.75) is 13.3 Å². The lowest BCUT2D eigenvalue weighted by Crippen LogP contribution is -2.01. The molecule has 0 radical (unpaired) electrons. The van der Waals surface area contributed by atoms with Gasteiger partial charge < -0.3 is 10.4 Å². The number of aromatic carboxylic acids is 1. The molecule has 0 unspecified atom stereocenters. The minimum atomic E-state index is -1.01. The van der Waals surface area contributed by atoms with E-state index in [1.165, 1.54) is 22.4 Å². The summed E-state index contributed by atoms with van der Waals surface area (Å²) in [5.41, 5.74) is 3.68. The van der Waals surface area contributed by atoms with Crippen LogP contribution in [0.4, 0.5) is 10.7 Å². The Bertz CT molecular complexity index is 537. The standard InChI is InChI=1S/C12H12N2O2S/c1-2-8-4-3-5-9(6-8)14-11-10(12(15)16)13-7-17-11/h3-7,14H,2H2,1H3,(H,15,16). The third-order valence-corrected chi connectivity index (χ3v) is 3.11.